The quantitative estimate of drug-likeness (QED) is 0.268. The molecule has 0 saturated carbocycles. The van der Waals surface area contributed by atoms with Crippen molar-refractivity contribution in [1.82, 2.24) is 10.6 Å². The summed E-state index contributed by atoms with van der Waals surface area (Å²) in [4.78, 5) is 26.0. The van der Waals surface area contributed by atoms with Crippen LogP contribution < -0.4 is 15.4 Å². The molecule has 36 heavy (non-hydrogen) atoms. The SMILES string of the molecule is CC1=C(C(=O)OC(C)COc2ccccc2)C(c2c(F)c(F)c(F)c(F)c2F)C2=C(CNCC2=O)N1. The molecular weight excluding hydrogens is 487 g/mol. The highest BCUT2D eigenvalue weighted by Gasteiger charge is 2.44. The topological polar surface area (TPSA) is 76.7 Å². The van der Waals surface area contributed by atoms with Crippen LogP contribution in [-0.4, -0.2) is 37.6 Å². The Balaban J connectivity index is 1.73. The highest BCUT2D eigenvalue weighted by Crippen LogP contribution is 2.43. The molecule has 2 aromatic rings. The summed E-state index contributed by atoms with van der Waals surface area (Å²) in [5.74, 6) is -14.1. The van der Waals surface area contributed by atoms with Crippen LogP contribution >= 0.6 is 0 Å². The van der Waals surface area contributed by atoms with E-state index in [1.165, 1.54) is 13.8 Å². The van der Waals surface area contributed by atoms with Crippen molar-refractivity contribution in [2.45, 2.75) is 25.9 Å². The number of nitrogens with one attached hydrogen (secondary N) is 2. The van der Waals surface area contributed by atoms with Crippen LogP contribution in [0.25, 0.3) is 0 Å². The Morgan fingerprint density at radius 3 is 2.25 bits per heavy atom. The number of hydrogen-bond donors (Lipinski definition) is 2. The normalized spacial score (nSPS) is 18.5. The first-order valence-corrected chi connectivity index (χ1v) is 11.0. The van der Waals surface area contributed by atoms with E-state index in [0.29, 0.717) is 5.75 Å². The van der Waals surface area contributed by atoms with Gasteiger partial charge in [0, 0.05) is 29.1 Å². The van der Waals surface area contributed by atoms with Crippen LogP contribution in [0.3, 0.4) is 0 Å². The van der Waals surface area contributed by atoms with E-state index in [-0.39, 0.29) is 36.7 Å². The third kappa shape index (κ3) is 4.58. The Labute approximate surface area is 202 Å². The van der Waals surface area contributed by atoms with Gasteiger partial charge in [-0.2, -0.15) is 0 Å². The van der Waals surface area contributed by atoms with Gasteiger partial charge in [0.25, 0.3) is 0 Å². The maximum Gasteiger partial charge on any atom is 0.337 e. The van der Waals surface area contributed by atoms with Gasteiger partial charge >= 0.3 is 5.97 Å². The largest absolute Gasteiger partial charge is 0.490 e. The first-order chi connectivity index (χ1) is 17.1. The molecule has 2 aliphatic rings. The van der Waals surface area contributed by atoms with Crippen molar-refractivity contribution in [3.8, 4) is 5.75 Å². The van der Waals surface area contributed by atoms with Gasteiger partial charge in [-0.15, -0.1) is 0 Å². The number of para-hydroxylation sites is 1. The average molecular weight is 508 g/mol. The highest BCUT2D eigenvalue weighted by atomic mass is 19.2. The van der Waals surface area contributed by atoms with Crippen molar-refractivity contribution >= 4 is 11.8 Å². The van der Waals surface area contributed by atoms with E-state index in [0.717, 1.165) is 0 Å². The van der Waals surface area contributed by atoms with Gasteiger partial charge in [-0.05, 0) is 26.0 Å². The fourth-order valence-corrected chi connectivity index (χ4v) is 4.21. The zero-order valence-electron chi connectivity index (χ0n) is 19.2. The molecule has 0 radical (unpaired) electrons. The van der Waals surface area contributed by atoms with Crippen molar-refractivity contribution in [2.75, 3.05) is 19.7 Å². The van der Waals surface area contributed by atoms with E-state index in [9.17, 15) is 31.5 Å². The summed E-state index contributed by atoms with van der Waals surface area (Å²) in [6.45, 7) is 2.59. The molecule has 190 valence electrons. The fourth-order valence-electron chi connectivity index (χ4n) is 4.21. The zero-order chi connectivity index (χ0) is 26.1. The third-order valence-electron chi connectivity index (χ3n) is 5.82. The summed E-state index contributed by atoms with van der Waals surface area (Å²) in [7, 11) is 0. The van der Waals surface area contributed by atoms with Gasteiger partial charge in [0.15, 0.2) is 29.1 Å². The van der Waals surface area contributed by atoms with E-state index in [1.54, 1.807) is 30.3 Å². The molecule has 11 heteroatoms. The minimum absolute atomic E-state index is 0.0420. The number of esters is 1. The number of Topliss-reactive ketones (excluding diaryl/α,β-unsaturated/α-hetero) is 1. The Morgan fingerprint density at radius 1 is 1.00 bits per heavy atom. The lowest BCUT2D eigenvalue weighted by Crippen LogP contribution is -2.44. The van der Waals surface area contributed by atoms with Gasteiger partial charge in [-0.1, -0.05) is 18.2 Å². The molecule has 2 N–H and O–H groups in total. The number of allylic oxidation sites excluding steroid dienone is 1. The van der Waals surface area contributed by atoms with Crippen LogP contribution in [0.15, 0.2) is 52.9 Å². The molecule has 0 saturated heterocycles. The van der Waals surface area contributed by atoms with Gasteiger partial charge in [-0.3, -0.25) is 4.79 Å². The highest BCUT2D eigenvalue weighted by molar-refractivity contribution is 6.04. The minimum atomic E-state index is -2.34. The average Bonchev–Trinajstić information content (AvgIpc) is 2.85. The predicted molar refractivity (Wildman–Crippen MR) is 117 cm³/mol. The molecule has 0 bridgehead atoms. The molecule has 4 rings (SSSR count). The minimum Gasteiger partial charge on any atom is -0.490 e. The molecule has 2 aliphatic heterocycles. The van der Waals surface area contributed by atoms with Gasteiger partial charge in [0.1, 0.15) is 18.5 Å². The second-order valence-corrected chi connectivity index (χ2v) is 8.34. The number of ketones is 1. The first kappa shape index (κ1) is 25.4. The maximum atomic E-state index is 14.9. The van der Waals surface area contributed by atoms with Crippen LogP contribution in [0.5, 0.6) is 5.75 Å². The Morgan fingerprint density at radius 2 is 1.61 bits per heavy atom. The van der Waals surface area contributed by atoms with Gasteiger partial charge in [-0.25, -0.2) is 26.7 Å². The van der Waals surface area contributed by atoms with Gasteiger partial charge in [0.05, 0.1) is 18.0 Å². The summed E-state index contributed by atoms with van der Waals surface area (Å²) < 4.78 is 82.8. The standard InChI is InChI=1S/C25H21F5N2O4/c1-11(10-35-13-6-4-3-5-7-13)36-25(34)16-12(2)32-14-8-31-9-15(33)17(14)18(16)19-20(26)22(28)24(30)23(29)21(19)27/h3-7,11,18,31-32H,8-10H2,1-2H3. The molecule has 2 atom stereocenters. The zero-order valence-corrected chi connectivity index (χ0v) is 19.2. The molecule has 0 amide bonds. The van der Waals surface area contributed by atoms with Crippen molar-refractivity contribution in [3.05, 3.63) is 87.5 Å². The van der Waals surface area contributed by atoms with Crippen LogP contribution in [0.4, 0.5) is 22.0 Å². The van der Waals surface area contributed by atoms with Crippen LogP contribution in [0.1, 0.15) is 25.3 Å². The molecule has 6 nitrogen and oxygen atoms in total. The summed E-state index contributed by atoms with van der Waals surface area (Å²) in [6, 6.07) is 8.63. The number of carbonyl (C=O) groups excluding carboxylic acids is 2. The monoisotopic (exact) mass is 508 g/mol. The third-order valence-corrected chi connectivity index (χ3v) is 5.82. The van der Waals surface area contributed by atoms with Gasteiger partial charge < -0.3 is 20.1 Å². The Kier molecular flexibility index (Phi) is 7.11. The number of benzene rings is 2. The summed E-state index contributed by atoms with van der Waals surface area (Å²) in [5, 5.41) is 5.60. The van der Waals surface area contributed by atoms with E-state index in [2.05, 4.69) is 10.6 Å². The predicted octanol–water partition coefficient (Wildman–Crippen LogP) is 3.78. The van der Waals surface area contributed by atoms with Gasteiger partial charge in [0.2, 0.25) is 5.82 Å². The lowest BCUT2D eigenvalue weighted by atomic mass is 9.77. The molecule has 0 aromatic heterocycles. The van der Waals surface area contributed by atoms with E-state index < -0.39 is 64.0 Å². The second-order valence-electron chi connectivity index (χ2n) is 8.34. The molecular formula is C25H21F5N2O4. The van der Waals surface area contributed by atoms with Crippen LogP contribution in [0, 0.1) is 29.1 Å². The summed E-state index contributed by atoms with van der Waals surface area (Å²) in [5.41, 5.74) is -1.81. The molecule has 0 fully saturated rings. The lowest BCUT2D eigenvalue weighted by molar-refractivity contribution is -0.145. The first-order valence-electron chi connectivity index (χ1n) is 11.0. The number of dihydropyridines is 1. The molecule has 0 spiro atoms. The Bertz CT molecular complexity index is 1260. The van der Waals surface area contributed by atoms with E-state index in [1.807, 2.05) is 0 Å². The molecule has 2 aromatic carbocycles. The smallest absolute Gasteiger partial charge is 0.337 e. The van der Waals surface area contributed by atoms with E-state index in [4.69, 9.17) is 9.47 Å². The maximum absolute atomic E-state index is 14.9. The Hall–Kier alpha value is -3.73. The number of rotatable bonds is 6. The number of carbonyl (C=O) groups is 2. The number of halogens is 5. The molecule has 2 unspecified atom stereocenters. The fraction of sp³-hybridized carbons (Fsp3) is 0.280. The molecule has 0 aliphatic carbocycles. The number of ether oxygens (including phenoxy) is 2. The number of hydrogen-bond acceptors (Lipinski definition) is 6. The molecule has 2 heterocycles. The van der Waals surface area contributed by atoms with Crippen molar-refractivity contribution < 1.29 is 41.0 Å². The van der Waals surface area contributed by atoms with Crippen molar-refractivity contribution in [2.24, 2.45) is 0 Å². The van der Waals surface area contributed by atoms with Crippen LogP contribution in [0.2, 0.25) is 0 Å². The summed E-state index contributed by atoms with van der Waals surface area (Å²) in [6.07, 6.45) is -0.867. The summed E-state index contributed by atoms with van der Waals surface area (Å²) >= 11 is 0. The van der Waals surface area contributed by atoms with Crippen LogP contribution in [-0.2, 0) is 14.3 Å². The van der Waals surface area contributed by atoms with Crippen molar-refractivity contribution in [3.63, 3.8) is 0 Å². The van der Waals surface area contributed by atoms with Crippen molar-refractivity contribution in [1.29, 1.82) is 0 Å². The second kappa shape index (κ2) is 10.1. The lowest BCUT2D eigenvalue weighted by Gasteiger charge is -2.35. The van der Waals surface area contributed by atoms with E-state index >= 15 is 0 Å².